The summed E-state index contributed by atoms with van der Waals surface area (Å²) in [4.78, 5) is 15.6. The Labute approximate surface area is 89.1 Å². The van der Waals surface area contributed by atoms with Crippen molar-refractivity contribution in [3.8, 4) is 0 Å². The zero-order chi connectivity index (χ0) is 10.4. The van der Waals surface area contributed by atoms with Gasteiger partial charge in [0.1, 0.15) is 5.78 Å². The molecule has 1 heterocycles. The number of nitrogens with zero attached hydrogens (tertiary/aromatic N) is 1. The zero-order valence-corrected chi connectivity index (χ0v) is 9.38. The molecule has 0 unspecified atom stereocenters. The van der Waals surface area contributed by atoms with Crippen LogP contribution in [0.25, 0.3) is 0 Å². The minimum atomic E-state index is 0.252. The molecular weight excluding hydrogens is 194 g/mol. The Bertz CT molecular complexity index is 285. The van der Waals surface area contributed by atoms with Gasteiger partial charge in [-0.25, -0.2) is 0 Å². The first kappa shape index (κ1) is 11.2. The third-order valence-corrected chi connectivity index (χ3v) is 2.84. The first-order valence-corrected chi connectivity index (χ1v) is 5.76. The quantitative estimate of drug-likeness (QED) is 0.745. The van der Waals surface area contributed by atoms with Crippen LogP contribution in [0.5, 0.6) is 0 Å². The van der Waals surface area contributed by atoms with Gasteiger partial charge in [-0.05, 0) is 17.4 Å². The summed E-state index contributed by atoms with van der Waals surface area (Å²) in [5, 5.41) is 0.516. The van der Waals surface area contributed by atoms with Crippen LogP contribution in [0.2, 0.25) is 0 Å². The maximum atomic E-state index is 11.5. The minimum Gasteiger partial charge on any atom is -0.298 e. The summed E-state index contributed by atoms with van der Waals surface area (Å²) >= 11 is 1.68. The van der Waals surface area contributed by atoms with Crippen LogP contribution in [-0.2, 0) is 11.2 Å². The summed E-state index contributed by atoms with van der Waals surface area (Å²) in [6, 6.07) is 5.65. The lowest BCUT2D eigenvalue weighted by Gasteiger charge is -2.03. The summed E-state index contributed by atoms with van der Waals surface area (Å²) in [5.41, 5.74) is 0.863. The van der Waals surface area contributed by atoms with Gasteiger partial charge in [-0.2, -0.15) is 11.8 Å². The minimum absolute atomic E-state index is 0.252. The lowest BCUT2D eigenvalue weighted by atomic mass is 10.2. The topological polar surface area (TPSA) is 30.0 Å². The van der Waals surface area contributed by atoms with Crippen LogP contribution in [0.15, 0.2) is 24.4 Å². The fourth-order valence-electron chi connectivity index (χ4n) is 1.02. The van der Waals surface area contributed by atoms with Crippen molar-refractivity contribution in [2.75, 3.05) is 5.75 Å². The highest BCUT2D eigenvalue weighted by Crippen LogP contribution is 2.09. The Hall–Kier alpha value is -0.830. The third-order valence-electron chi connectivity index (χ3n) is 1.68. The molecule has 0 aliphatic carbocycles. The molecule has 3 heteroatoms. The van der Waals surface area contributed by atoms with Crippen LogP contribution in [0.1, 0.15) is 19.5 Å². The van der Waals surface area contributed by atoms with Crippen LogP contribution in [0, 0.1) is 0 Å². The largest absolute Gasteiger partial charge is 0.298 e. The van der Waals surface area contributed by atoms with Crippen LogP contribution in [-0.4, -0.2) is 21.8 Å². The van der Waals surface area contributed by atoms with Gasteiger partial charge in [0.15, 0.2) is 0 Å². The van der Waals surface area contributed by atoms with E-state index in [1.807, 2.05) is 18.2 Å². The SMILES string of the molecule is CC(C)SCC(=O)Cc1ccccn1. The molecule has 0 fully saturated rings. The van der Waals surface area contributed by atoms with Gasteiger partial charge in [0.05, 0.1) is 5.75 Å². The van der Waals surface area contributed by atoms with Crippen molar-refractivity contribution < 1.29 is 4.79 Å². The third kappa shape index (κ3) is 4.42. The lowest BCUT2D eigenvalue weighted by Crippen LogP contribution is -2.08. The number of hydrogen-bond acceptors (Lipinski definition) is 3. The van der Waals surface area contributed by atoms with Gasteiger partial charge in [-0.15, -0.1) is 0 Å². The van der Waals surface area contributed by atoms with E-state index in [4.69, 9.17) is 0 Å². The van der Waals surface area contributed by atoms with Gasteiger partial charge in [0.2, 0.25) is 0 Å². The van der Waals surface area contributed by atoms with Gasteiger partial charge in [0, 0.05) is 18.3 Å². The van der Waals surface area contributed by atoms with Crippen molar-refractivity contribution in [2.45, 2.75) is 25.5 Å². The molecule has 0 aromatic carbocycles. The van der Waals surface area contributed by atoms with Crippen molar-refractivity contribution in [3.05, 3.63) is 30.1 Å². The molecule has 0 spiro atoms. The number of aromatic nitrogens is 1. The molecule has 1 aromatic rings. The fraction of sp³-hybridized carbons (Fsp3) is 0.455. The standard InChI is InChI=1S/C11H15NOS/c1-9(2)14-8-11(13)7-10-5-3-4-6-12-10/h3-6,9H,7-8H2,1-2H3. The number of thioether (sulfide) groups is 1. The molecule has 0 aliphatic heterocycles. The molecule has 14 heavy (non-hydrogen) atoms. The molecule has 0 saturated carbocycles. The predicted molar refractivity (Wildman–Crippen MR) is 60.5 cm³/mol. The molecule has 0 atom stereocenters. The molecule has 1 aromatic heterocycles. The molecule has 0 amide bonds. The number of Topliss-reactive ketones (excluding diaryl/α,β-unsaturated/α-hetero) is 1. The Morgan fingerprint density at radius 3 is 2.86 bits per heavy atom. The van der Waals surface area contributed by atoms with Crippen molar-refractivity contribution in [2.24, 2.45) is 0 Å². The molecule has 0 N–H and O–H groups in total. The number of carbonyl (C=O) groups excluding carboxylic acids is 1. The monoisotopic (exact) mass is 209 g/mol. The molecule has 0 radical (unpaired) electrons. The molecule has 0 saturated heterocycles. The Morgan fingerprint density at radius 2 is 2.29 bits per heavy atom. The van der Waals surface area contributed by atoms with Gasteiger partial charge in [-0.3, -0.25) is 9.78 Å². The van der Waals surface area contributed by atoms with E-state index in [2.05, 4.69) is 18.8 Å². The number of rotatable bonds is 5. The average molecular weight is 209 g/mol. The van der Waals surface area contributed by atoms with Crippen LogP contribution < -0.4 is 0 Å². The number of hydrogen-bond donors (Lipinski definition) is 0. The van der Waals surface area contributed by atoms with Gasteiger partial charge in [0.25, 0.3) is 0 Å². The van der Waals surface area contributed by atoms with Crippen molar-refractivity contribution in [3.63, 3.8) is 0 Å². The lowest BCUT2D eigenvalue weighted by molar-refractivity contribution is -0.116. The van der Waals surface area contributed by atoms with E-state index in [0.717, 1.165) is 5.69 Å². The van der Waals surface area contributed by atoms with Gasteiger partial charge in [-0.1, -0.05) is 19.9 Å². The van der Waals surface area contributed by atoms with E-state index in [9.17, 15) is 4.79 Å². The van der Waals surface area contributed by atoms with Crippen LogP contribution in [0.3, 0.4) is 0 Å². The molecule has 0 aliphatic rings. The summed E-state index contributed by atoms with van der Waals surface area (Å²) in [6.07, 6.45) is 2.18. The highest BCUT2D eigenvalue weighted by molar-refractivity contribution is 8.00. The Morgan fingerprint density at radius 1 is 1.50 bits per heavy atom. The van der Waals surface area contributed by atoms with Crippen molar-refractivity contribution in [1.82, 2.24) is 4.98 Å². The molecule has 1 rings (SSSR count). The van der Waals surface area contributed by atoms with Crippen LogP contribution in [0.4, 0.5) is 0 Å². The molecule has 2 nitrogen and oxygen atoms in total. The van der Waals surface area contributed by atoms with Gasteiger partial charge < -0.3 is 0 Å². The normalized spacial score (nSPS) is 10.5. The Kier molecular flexibility index (Phi) is 4.66. The fourth-order valence-corrected chi connectivity index (χ4v) is 1.64. The maximum absolute atomic E-state index is 11.5. The smallest absolute Gasteiger partial charge is 0.148 e. The summed E-state index contributed by atoms with van der Waals surface area (Å²) in [6.45, 7) is 4.19. The number of carbonyl (C=O) groups is 1. The van der Waals surface area contributed by atoms with E-state index in [1.54, 1.807) is 18.0 Å². The average Bonchev–Trinajstić information content (AvgIpc) is 2.16. The second-order valence-corrected chi connectivity index (χ2v) is 4.96. The van der Waals surface area contributed by atoms with Crippen molar-refractivity contribution >= 4 is 17.5 Å². The highest BCUT2D eigenvalue weighted by atomic mass is 32.2. The van der Waals surface area contributed by atoms with E-state index >= 15 is 0 Å². The second-order valence-electron chi connectivity index (χ2n) is 3.40. The van der Waals surface area contributed by atoms with E-state index < -0.39 is 0 Å². The molecule has 76 valence electrons. The number of pyridine rings is 1. The van der Waals surface area contributed by atoms with E-state index in [0.29, 0.717) is 17.4 Å². The summed E-state index contributed by atoms with van der Waals surface area (Å²) in [7, 11) is 0. The van der Waals surface area contributed by atoms with E-state index in [1.165, 1.54) is 0 Å². The number of ketones is 1. The van der Waals surface area contributed by atoms with Crippen molar-refractivity contribution in [1.29, 1.82) is 0 Å². The molecule has 0 bridgehead atoms. The maximum Gasteiger partial charge on any atom is 0.148 e. The summed E-state index contributed by atoms with van der Waals surface area (Å²) in [5.74, 6) is 0.844. The van der Waals surface area contributed by atoms with E-state index in [-0.39, 0.29) is 5.78 Å². The zero-order valence-electron chi connectivity index (χ0n) is 8.56. The second kappa shape index (κ2) is 5.81. The first-order valence-electron chi connectivity index (χ1n) is 4.71. The Balaban J connectivity index is 2.35. The predicted octanol–water partition coefficient (Wildman–Crippen LogP) is 2.33. The first-order chi connectivity index (χ1) is 6.68. The van der Waals surface area contributed by atoms with Crippen LogP contribution >= 0.6 is 11.8 Å². The molecular formula is C11H15NOS. The highest BCUT2D eigenvalue weighted by Gasteiger charge is 2.05. The summed E-state index contributed by atoms with van der Waals surface area (Å²) < 4.78 is 0. The van der Waals surface area contributed by atoms with Gasteiger partial charge >= 0.3 is 0 Å².